The zero-order valence-corrected chi connectivity index (χ0v) is 38.3. The molecule has 0 aliphatic carbocycles. The lowest BCUT2D eigenvalue weighted by Crippen LogP contribution is -1.90. The second kappa shape index (κ2) is 30.3. The van der Waals surface area contributed by atoms with Crippen LogP contribution in [-0.2, 0) is 19.3 Å². The number of benzene rings is 3. The SMILES string of the molecule is CCCCCCCCCc1ccc(O)c(SSSSc2cc(CCCCCCCCC)cc(SSc3cc(CCCCCCCCC)ccc3O)c2O)c1. The molecule has 302 valence electrons. The van der Waals surface area contributed by atoms with Crippen LogP contribution < -0.4 is 0 Å². The fourth-order valence-corrected chi connectivity index (χ4v) is 14.5. The van der Waals surface area contributed by atoms with E-state index in [0.717, 1.165) is 45.3 Å². The van der Waals surface area contributed by atoms with Crippen LogP contribution in [0.15, 0.2) is 68.1 Å². The highest BCUT2D eigenvalue weighted by Crippen LogP contribution is 2.55. The first-order chi connectivity index (χ1) is 26.4. The van der Waals surface area contributed by atoms with Gasteiger partial charge in [0.15, 0.2) is 0 Å². The molecule has 0 atom stereocenters. The van der Waals surface area contributed by atoms with Crippen LogP contribution in [0.5, 0.6) is 17.2 Å². The van der Waals surface area contributed by atoms with Gasteiger partial charge < -0.3 is 15.3 Å². The third-order valence-corrected chi connectivity index (χ3v) is 18.3. The van der Waals surface area contributed by atoms with Gasteiger partial charge in [0.1, 0.15) is 17.2 Å². The van der Waals surface area contributed by atoms with E-state index in [9.17, 15) is 15.3 Å². The van der Waals surface area contributed by atoms with E-state index in [4.69, 9.17) is 0 Å². The molecule has 3 N–H and O–H groups in total. The minimum Gasteiger partial charge on any atom is -0.507 e. The van der Waals surface area contributed by atoms with Crippen molar-refractivity contribution in [1.29, 1.82) is 0 Å². The van der Waals surface area contributed by atoms with Crippen LogP contribution >= 0.6 is 62.8 Å². The molecular formula is C45H68O3S6. The molecule has 0 spiro atoms. The largest absolute Gasteiger partial charge is 0.507 e. The number of phenols is 3. The Balaban J connectivity index is 1.59. The monoisotopic (exact) mass is 848 g/mol. The number of unbranched alkanes of at least 4 members (excludes halogenated alkanes) is 18. The number of hydrogen-bond donors (Lipinski definition) is 3. The molecule has 0 amide bonds. The quantitative estimate of drug-likeness (QED) is 0.0421. The van der Waals surface area contributed by atoms with E-state index in [0.29, 0.717) is 17.2 Å². The van der Waals surface area contributed by atoms with Crippen molar-refractivity contribution in [2.24, 2.45) is 0 Å². The van der Waals surface area contributed by atoms with Crippen LogP contribution in [0.3, 0.4) is 0 Å². The third-order valence-electron chi connectivity index (χ3n) is 9.85. The minimum absolute atomic E-state index is 0.294. The van der Waals surface area contributed by atoms with Gasteiger partial charge in [0, 0.05) is 0 Å². The van der Waals surface area contributed by atoms with Gasteiger partial charge in [0.2, 0.25) is 0 Å². The molecule has 0 aliphatic heterocycles. The van der Waals surface area contributed by atoms with E-state index in [1.54, 1.807) is 41.2 Å². The van der Waals surface area contributed by atoms with Crippen LogP contribution in [0.25, 0.3) is 0 Å². The molecule has 0 fully saturated rings. The number of hydrogen-bond acceptors (Lipinski definition) is 9. The van der Waals surface area contributed by atoms with Gasteiger partial charge in [-0.05, 0) is 154 Å². The summed E-state index contributed by atoms with van der Waals surface area (Å²) in [5, 5.41) is 32.8. The molecule has 0 radical (unpaired) electrons. The molecule has 0 heterocycles. The molecule has 0 unspecified atom stereocenters. The first-order valence-corrected chi connectivity index (χ1v) is 27.9. The maximum Gasteiger partial charge on any atom is 0.144 e. The van der Waals surface area contributed by atoms with Gasteiger partial charge in [0.25, 0.3) is 0 Å². The van der Waals surface area contributed by atoms with Gasteiger partial charge in [-0.15, -0.1) is 0 Å². The molecule has 0 saturated heterocycles. The number of aromatic hydroxyl groups is 3. The Kier molecular flexibility index (Phi) is 26.6. The van der Waals surface area contributed by atoms with Crippen molar-refractivity contribution >= 4 is 62.8 Å². The van der Waals surface area contributed by atoms with E-state index in [1.807, 2.05) is 12.1 Å². The van der Waals surface area contributed by atoms with E-state index in [2.05, 4.69) is 57.2 Å². The zero-order valence-electron chi connectivity index (χ0n) is 33.4. The topological polar surface area (TPSA) is 60.7 Å². The standard InChI is InChI=1S/C45H68O3S6/c1-4-7-10-13-16-19-22-25-36-28-30-39(46)41(32-36)49-50-43-34-38(27-24-21-18-15-12-9-6-3)35-44(45(43)48)52-54-53-51-42-33-37(29-31-40(42)47)26-23-20-17-14-11-8-5-2/h28-35,46-48H,4-27H2,1-3H3. The van der Waals surface area contributed by atoms with Crippen LogP contribution in [0.4, 0.5) is 0 Å². The molecule has 0 bridgehead atoms. The van der Waals surface area contributed by atoms with E-state index in [-0.39, 0.29) is 0 Å². The third kappa shape index (κ3) is 20.0. The van der Waals surface area contributed by atoms with Gasteiger partial charge in [-0.1, -0.05) is 148 Å². The highest BCUT2D eigenvalue weighted by molar-refractivity contribution is 9.26. The van der Waals surface area contributed by atoms with E-state index in [1.165, 1.54) is 167 Å². The number of aryl methyl sites for hydroxylation is 3. The van der Waals surface area contributed by atoms with Crippen molar-refractivity contribution < 1.29 is 15.3 Å². The number of phenolic OH excluding ortho intramolecular Hbond substituents is 3. The smallest absolute Gasteiger partial charge is 0.144 e. The van der Waals surface area contributed by atoms with E-state index >= 15 is 0 Å². The van der Waals surface area contributed by atoms with Gasteiger partial charge in [-0.2, -0.15) is 0 Å². The summed E-state index contributed by atoms with van der Waals surface area (Å²) in [6.45, 7) is 6.79. The Hall–Kier alpha value is -0.840. The molecule has 0 aromatic heterocycles. The lowest BCUT2D eigenvalue weighted by atomic mass is 10.0. The van der Waals surface area contributed by atoms with Crippen LogP contribution in [0.1, 0.15) is 172 Å². The van der Waals surface area contributed by atoms with E-state index < -0.39 is 0 Å². The Bertz CT molecular complexity index is 1430. The van der Waals surface area contributed by atoms with Crippen molar-refractivity contribution in [3.8, 4) is 17.2 Å². The predicted octanol–water partition coefficient (Wildman–Crippen LogP) is 17.6. The molecule has 9 heteroatoms. The molecule has 54 heavy (non-hydrogen) atoms. The summed E-state index contributed by atoms with van der Waals surface area (Å²) in [6.07, 6.45) is 30.1. The Morgan fingerprint density at radius 3 is 1.11 bits per heavy atom. The van der Waals surface area contributed by atoms with Gasteiger partial charge in [-0.25, -0.2) is 0 Å². The molecule has 3 aromatic carbocycles. The maximum atomic E-state index is 11.5. The summed E-state index contributed by atoms with van der Waals surface area (Å²) in [5.74, 6) is 0.923. The van der Waals surface area contributed by atoms with Gasteiger partial charge >= 0.3 is 0 Å². The Morgan fingerprint density at radius 1 is 0.352 bits per heavy atom. The number of rotatable bonds is 32. The lowest BCUT2D eigenvalue weighted by Gasteiger charge is -2.13. The second-order valence-electron chi connectivity index (χ2n) is 14.6. The molecule has 3 rings (SSSR count). The normalized spacial score (nSPS) is 11.5. The first-order valence-electron chi connectivity index (χ1n) is 21.0. The summed E-state index contributed by atoms with van der Waals surface area (Å²) in [7, 11) is 9.47. The Morgan fingerprint density at radius 2 is 0.667 bits per heavy atom. The lowest BCUT2D eigenvalue weighted by molar-refractivity contribution is 0.448. The first kappa shape index (κ1) is 47.5. The summed E-state index contributed by atoms with van der Waals surface area (Å²) < 4.78 is 0. The molecule has 3 nitrogen and oxygen atoms in total. The highest BCUT2D eigenvalue weighted by atomic mass is 33.7. The maximum absolute atomic E-state index is 11.5. The Labute approximate surface area is 352 Å². The van der Waals surface area contributed by atoms with Crippen LogP contribution in [0.2, 0.25) is 0 Å². The second-order valence-corrected chi connectivity index (χ2v) is 22.6. The van der Waals surface area contributed by atoms with Crippen LogP contribution in [0, 0.1) is 0 Å². The summed E-state index contributed by atoms with van der Waals surface area (Å²) in [4.78, 5) is 3.45. The van der Waals surface area contributed by atoms with Gasteiger partial charge in [0.05, 0.1) is 19.6 Å². The summed E-state index contributed by atoms with van der Waals surface area (Å²) in [5.41, 5.74) is 3.79. The van der Waals surface area contributed by atoms with Crippen LogP contribution in [-0.4, -0.2) is 15.3 Å². The van der Waals surface area contributed by atoms with Crippen molar-refractivity contribution in [2.75, 3.05) is 0 Å². The van der Waals surface area contributed by atoms with Crippen molar-refractivity contribution in [3.05, 3.63) is 65.2 Å². The highest BCUT2D eigenvalue weighted by Gasteiger charge is 2.15. The average Bonchev–Trinajstić information content (AvgIpc) is 3.17. The molecular weight excluding hydrogens is 781 g/mol. The fourth-order valence-electron chi connectivity index (χ4n) is 6.52. The molecule has 0 saturated carbocycles. The average molecular weight is 849 g/mol. The van der Waals surface area contributed by atoms with Crippen molar-refractivity contribution in [3.63, 3.8) is 0 Å². The molecule has 0 aliphatic rings. The summed E-state index contributed by atoms with van der Waals surface area (Å²) in [6, 6.07) is 16.3. The predicted molar refractivity (Wildman–Crippen MR) is 248 cm³/mol. The fraction of sp³-hybridized carbons (Fsp3) is 0.600. The molecule has 3 aromatic rings. The minimum atomic E-state index is 0.294. The summed E-state index contributed by atoms with van der Waals surface area (Å²) >= 11 is 0. The van der Waals surface area contributed by atoms with Crippen molar-refractivity contribution in [2.45, 2.75) is 194 Å². The van der Waals surface area contributed by atoms with Gasteiger partial charge in [-0.3, -0.25) is 0 Å². The van der Waals surface area contributed by atoms with Crippen molar-refractivity contribution in [1.82, 2.24) is 0 Å². The zero-order chi connectivity index (χ0) is 38.6.